The van der Waals surface area contributed by atoms with Crippen molar-refractivity contribution in [3.05, 3.63) is 59.2 Å². The van der Waals surface area contributed by atoms with Crippen molar-refractivity contribution >= 4 is 11.5 Å². The van der Waals surface area contributed by atoms with Crippen LogP contribution in [-0.4, -0.2) is 26.3 Å². The highest BCUT2D eigenvalue weighted by molar-refractivity contribution is 5.88. The van der Waals surface area contributed by atoms with Crippen molar-refractivity contribution in [2.24, 2.45) is 0 Å². The molecule has 1 aromatic heterocycles. The molecular formula is C16H17N3O2. The molecule has 5 nitrogen and oxygen atoms in total. The highest BCUT2D eigenvalue weighted by Crippen LogP contribution is 2.21. The number of aliphatic hydroxyl groups is 1. The van der Waals surface area contributed by atoms with Gasteiger partial charge in [0.1, 0.15) is 5.60 Å². The first-order valence-corrected chi connectivity index (χ1v) is 6.62. The average Bonchev–Trinajstić information content (AvgIpc) is 2.91. The first-order chi connectivity index (χ1) is 9.92. The van der Waals surface area contributed by atoms with Gasteiger partial charge < -0.3 is 5.11 Å². The van der Waals surface area contributed by atoms with Crippen LogP contribution in [-0.2, 0) is 17.8 Å². The highest BCUT2D eigenvalue weighted by Gasteiger charge is 2.30. The van der Waals surface area contributed by atoms with Gasteiger partial charge in [0.15, 0.2) is 11.5 Å². The van der Waals surface area contributed by atoms with Crippen LogP contribution in [0, 0.1) is 13.5 Å². The molecule has 0 unspecified atom stereocenters. The number of aryl methyl sites for hydroxylation is 1. The summed E-state index contributed by atoms with van der Waals surface area (Å²) >= 11 is 0. The van der Waals surface area contributed by atoms with Crippen molar-refractivity contribution in [3.8, 4) is 0 Å². The normalized spacial score (nSPS) is 13.4. The fraction of sp³-hybridized carbons (Fsp3) is 0.312. The van der Waals surface area contributed by atoms with Crippen LogP contribution < -0.4 is 0 Å². The largest absolute Gasteiger partial charge is 0.380 e. The summed E-state index contributed by atoms with van der Waals surface area (Å²) < 4.78 is 1.53. The van der Waals surface area contributed by atoms with E-state index in [1.54, 1.807) is 30.6 Å². The number of carbonyl (C=O) groups is 1. The molecule has 5 heteroatoms. The van der Waals surface area contributed by atoms with E-state index < -0.39 is 5.60 Å². The van der Waals surface area contributed by atoms with Gasteiger partial charge in [-0.25, -0.2) is 4.85 Å². The van der Waals surface area contributed by atoms with Gasteiger partial charge in [0, 0.05) is 18.8 Å². The van der Waals surface area contributed by atoms with Crippen molar-refractivity contribution < 1.29 is 9.90 Å². The third-order valence-corrected chi connectivity index (χ3v) is 3.38. The summed E-state index contributed by atoms with van der Waals surface area (Å²) in [6, 6.07) is 7.01. The molecule has 0 aliphatic rings. The van der Waals surface area contributed by atoms with Crippen LogP contribution in [0.5, 0.6) is 0 Å². The van der Waals surface area contributed by atoms with Crippen molar-refractivity contribution in [2.45, 2.75) is 32.4 Å². The molecule has 108 valence electrons. The number of hydrogen-bond acceptors (Lipinski definition) is 3. The third kappa shape index (κ3) is 3.56. The quantitative estimate of drug-likeness (QED) is 0.857. The fourth-order valence-corrected chi connectivity index (χ4v) is 2.13. The smallest absolute Gasteiger partial charge is 0.190 e. The highest BCUT2D eigenvalue weighted by atomic mass is 16.3. The number of benzene rings is 1. The Morgan fingerprint density at radius 3 is 2.86 bits per heavy atom. The van der Waals surface area contributed by atoms with Gasteiger partial charge in [-0.05, 0) is 31.0 Å². The van der Waals surface area contributed by atoms with E-state index in [2.05, 4.69) is 9.94 Å². The Kier molecular flexibility index (Phi) is 4.20. The Balaban J connectivity index is 2.10. The molecule has 0 bridgehead atoms. The topological polar surface area (TPSA) is 59.5 Å². The van der Waals surface area contributed by atoms with Gasteiger partial charge in [0.2, 0.25) is 0 Å². The van der Waals surface area contributed by atoms with Crippen LogP contribution >= 0.6 is 0 Å². The Bertz CT molecular complexity index is 682. The summed E-state index contributed by atoms with van der Waals surface area (Å²) in [5.74, 6) is -0.270. The van der Waals surface area contributed by atoms with Gasteiger partial charge in [-0.1, -0.05) is 18.2 Å². The second-order valence-electron chi connectivity index (χ2n) is 5.31. The number of rotatable bonds is 5. The van der Waals surface area contributed by atoms with E-state index in [-0.39, 0.29) is 18.7 Å². The molecule has 0 amide bonds. The summed E-state index contributed by atoms with van der Waals surface area (Å²) in [6.45, 7) is 10.5. The first-order valence-electron chi connectivity index (χ1n) is 6.62. The van der Waals surface area contributed by atoms with Crippen molar-refractivity contribution in [1.82, 2.24) is 9.78 Å². The lowest BCUT2D eigenvalue weighted by atomic mass is 9.94. The van der Waals surface area contributed by atoms with E-state index >= 15 is 0 Å². The second-order valence-corrected chi connectivity index (χ2v) is 5.31. The number of carbonyl (C=O) groups excluding carboxylic acids is 1. The van der Waals surface area contributed by atoms with Crippen molar-refractivity contribution in [3.63, 3.8) is 0 Å². The lowest BCUT2D eigenvalue weighted by Crippen LogP contribution is -2.40. The van der Waals surface area contributed by atoms with Crippen LogP contribution in [0.3, 0.4) is 0 Å². The first kappa shape index (κ1) is 14.9. The molecule has 2 aromatic rings. The zero-order valence-electron chi connectivity index (χ0n) is 12.1. The molecule has 0 fully saturated rings. The zero-order valence-corrected chi connectivity index (χ0v) is 12.1. The molecule has 1 heterocycles. The summed E-state index contributed by atoms with van der Waals surface area (Å²) in [6.07, 6.45) is 3.44. The third-order valence-electron chi connectivity index (χ3n) is 3.38. The predicted octanol–water partition coefficient (Wildman–Crippen LogP) is 2.31. The van der Waals surface area contributed by atoms with Crippen LogP contribution in [0.2, 0.25) is 0 Å². The van der Waals surface area contributed by atoms with E-state index in [9.17, 15) is 9.90 Å². The van der Waals surface area contributed by atoms with Gasteiger partial charge in [-0.2, -0.15) is 5.10 Å². The minimum absolute atomic E-state index is 0.123. The van der Waals surface area contributed by atoms with Gasteiger partial charge in [0.25, 0.3) is 0 Å². The molecule has 21 heavy (non-hydrogen) atoms. The average molecular weight is 283 g/mol. The predicted molar refractivity (Wildman–Crippen MR) is 79.0 cm³/mol. The summed E-state index contributed by atoms with van der Waals surface area (Å²) in [7, 11) is 0. The van der Waals surface area contributed by atoms with E-state index in [0.717, 1.165) is 11.1 Å². The molecule has 0 saturated heterocycles. The Morgan fingerprint density at radius 2 is 2.29 bits per heavy atom. The molecule has 0 radical (unpaired) electrons. The summed E-state index contributed by atoms with van der Waals surface area (Å²) in [5.41, 5.74) is 0.737. The lowest BCUT2D eigenvalue weighted by molar-refractivity contribution is -0.136. The molecule has 1 aromatic carbocycles. The molecule has 0 aliphatic carbocycles. The van der Waals surface area contributed by atoms with Gasteiger partial charge in [0.05, 0.1) is 13.1 Å². The Hall–Kier alpha value is -2.45. The standard InChI is InChI=1S/C16H17N3O2/c1-12-9-13(5-6-14(12)17-3)10-15(20)16(2,21)11-19-8-4-7-18-19/h4-9,21H,10-11H2,1-2H3/t16-/m0/s1. The molecule has 0 aliphatic heterocycles. The van der Waals surface area contributed by atoms with Gasteiger partial charge in [-0.3, -0.25) is 9.48 Å². The maximum atomic E-state index is 12.3. The van der Waals surface area contributed by atoms with Gasteiger partial charge >= 0.3 is 0 Å². The van der Waals surface area contributed by atoms with E-state index in [1.165, 1.54) is 11.6 Å². The number of Topliss-reactive ketones (excluding diaryl/α,β-unsaturated/α-hetero) is 1. The maximum Gasteiger partial charge on any atom is 0.190 e. The summed E-state index contributed by atoms with van der Waals surface area (Å²) in [5, 5.41) is 14.3. The Morgan fingerprint density at radius 1 is 1.52 bits per heavy atom. The van der Waals surface area contributed by atoms with Crippen molar-refractivity contribution in [2.75, 3.05) is 0 Å². The second kappa shape index (κ2) is 5.90. The van der Waals surface area contributed by atoms with E-state index in [4.69, 9.17) is 6.57 Å². The van der Waals surface area contributed by atoms with Gasteiger partial charge in [-0.15, -0.1) is 0 Å². The fourth-order valence-electron chi connectivity index (χ4n) is 2.13. The van der Waals surface area contributed by atoms with Crippen LogP contribution in [0.25, 0.3) is 4.85 Å². The SMILES string of the molecule is [C-]#[N+]c1ccc(CC(=O)[C@@](C)(O)Cn2cccn2)cc1C. The number of nitrogens with zero attached hydrogens (tertiary/aromatic N) is 3. The van der Waals surface area contributed by atoms with E-state index in [1.807, 2.05) is 13.0 Å². The minimum Gasteiger partial charge on any atom is -0.380 e. The maximum absolute atomic E-state index is 12.3. The zero-order chi connectivity index (χ0) is 15.5. The Labute approximate surface area is 123 Å². The molecular weight excluding hydrogens is 266 g/mol. The van der Waals surface area contributed by atoms with Crippen LogP contribution in [0.15, 0.2) is 36.7 Å². The molecule has 1 N–H and O–H groups in total. The minimum atomic E-state index is -1.47. The summed E-state index contributed by atoms with van der Waals surface area (Å²) in [4.78, 5) is 15.7. The van der Waals surface area contributed by atoms with E-state index in [0.29, 0.717) is 5.69 Å². The molecule has 0 spiro atoms. The molecule has 0 saturated carbocycles. The lowest BCUT2D eigenvalue weighted by Gasteiger charge is -2.22. The van der Waals surface area contributed by atoms with Crippen molar-refractivity contribution in [1.29, 1.82) is 0 Å². The van der Waals surface area contributed by atoms with Crippen LogP contribution in [0.4, 0.5) is 5.69 Å². The number of ketones is 1. The monoisotopic (exact) mass is 283 g/mol. The number of aromatic nitrogens is 2. The van der Waals surface area contributed by atoms with Crippen LogP contribution in [0.1, 0.15) is 18.1 Å². The molecule has 2 rings (SSSR count). The molecule has 1 atom stereocenters. The number of hydrogen-bond donors (Lipinski definition) is 1.